The third-order valence-electron chi connectivity index (χ3n) is 3.55. The van der Waals surface area contributed by atoms with Crippen molar-refractivity contribution in [2.75, 3.05) is 13.1 Å². The topological polar surface area (TPSA) is 41.1 Å². The summed E-state index contributed by atoms with van der Waals surface area (Å²) in [7, 11) is 0. The number of nitrogens with one attached hydrogen (secondary N) is 2. The molecule has 1 fully saturated rings. The molecule has 1 amide bonds. The maximum atomic E-state index is 12.2. The highest BCUT2D eigenvalue weighted by Crippen LogP contribution is 2.18. The highest BCUT2D eigenvalue weighted by atomic mass is 16.1. The molecule has 0 radical (unpaired) electrons. The molecule has 104 valence electrons. The van der Waals surface area contributed by atoms with Crippen LogP contribution in [-0.2, 0) is 0 Å². The van der Waals surface area contributed by atoms with E-state index in [-0.39, 0.29) is 5.91 Å². The summed E-state index contributed by atoms with van der Waals surface area (Å²) in [6, 6.07) is 4.88. The fourth-order valence-corrected chi connectivity index (χ4v) is 2.51. The summed E-state index contributed by atoms with van der Waals surface area (Å²) >= 11 is 0. The van der Waals surface area contributed by atoms with Crippen LogP contribution < -0.4 is 10.6 Å². The van der Waals surface area contributed by atoms with Crippen LogP contribution in [0.4, 0.5) is 0 Å². The van der Waals surface area contributed by atoms with Gasteiger partial charge in [-0.3, -0.25) is 4.79 Å². The molecule has 0 aliphatic heterocycles. The van der Waals surface area contributed by atoms with Crippen molar-refractivity contribution in [1.82, 2.24) is 10.6 Å². The summed E-state index contributed by atoms with van der Waals surface area (Å²) in [5.41, 5.74) is 4.16. The molecule has 2 N–H and O–H groups in total. The Morgan fingerprint density at radius 2 is 1.79 bits per heavy atom. The Kier molecular flexibility index (Phi) is 4.59. The van der Waals surface area contributed by atoms with Crippen LogP contribution in [0.25, 0.3) is 0 Å². The number of carbonyl (C=O) groups is 1. The van der Waals surface area contributed by atoms with Gasteiger partial charge in [0.05, 0.1) is 0 Å². The zero-order chi connectivity index (χ0) is 13.8. The van der Waals surface area contributed by atoms with Crippen molar-refractivity contribution in [3.05, 3.63) is 34.4 Å². The van der Waals surface area contributed by atoms with Crippen LogP contribution in [0.15, 0.2) is 12.1 Å². The molecule has 1 saturated carbocycles. The van der Waals surface area contributed by atoms with Crippen molar-refractivity contribution < 1.29 is 4.79 Å². The monoisotopic (exact) mass is 260 g/mol. The van der Waals surface area contributed by atoms with Gasteiger partial charge >= 0.3 is 0 Å². The molecule has 0 atom stereocenters. The molecule has 2 rings (SSSR count). The van der Waals surface area contributed by atoms with Crippen molar-refractivity contribution >= 4 is 5.91 Å². The number of amides is 1. The van der Waals surface area contributed by atoms with E-state index < -0.39 is 0 Å². The first-order valence-electron chi connectivity index (χ1n) is 7.17. The second-order valence-corrected chi connectivity index (χ2v) is 5.61. The molecule has 1 aliphatic rings. The molecule has 0 unspecified atom stereocenters. The van der Waals surface area contributed by atoms with Gasteiger partial charge in [-0.2, -0.15) is 0 Å². The van der Waals surface area contributed by atoms with E-state index in [1.807, 2.05) is 13.8 Å². The van der Waals surface area contributed by atoms with Crippen LogP contribution in [0.1, 0.15) is 46.3 Å². The fourth-order valence-electron chi connectivity index (χ4n) is 2.51. The number of benzene rings is 1. The van der Waals surface area contributed by atoms with Gasteiger partial charge in [0.1, 0.15) is 0 Å². The second kappa shape index (κ2) is 6.20. The van der Waals surface area contributed by atoms with Crippen LogP contribution in [0, 0.1) is 20.8 Å². The van der Waals surface area contributed by atoms with Crippen LogP contribution in [0.3, 0.4) is 0 Å². The van der Waals surface area contributed by atoms with E-state index >= 15 is 0 Å². The van der Waals surface area contributed by atoms with Crippen molar-refractivity contribution in [2.24, 2.45) is 0 Å². The van der Waals surface area contributed by atoms with Gasteiger partial charge < -0.3 is 10.6 Å². The molecular formula is C16H24N2O. The number of hydrogen-bond donors (Lipinski definition) is 2. The number of hydrogen-bond acceptors (Lipinski definition) is 2. The molecule has 0 spiro atoms. The Bertz CT molecular complexity index is 441. The first kappa shape index (κ1) is 14.1. The van der Waals surface area contributed by atoms with Gasteiger partial charge in [0.2, 0.25) is 0 Å². The van der Waals surface area contributed by atoms with E-state index in [1.54, 1.807) is 0 Å². The Labute approximate surface area is 115 Å². The number of aryl methyl sites for hydroxylation is 3. The standard InChI is InChI=1S/C16H24N2O/c1-11-9-12(2)15(13(3)10-11)16(19)18-8-4-7-17-14-5-6-14/h9-10,14,17H,4-8H2,1-3H3,(H,18,19). The van der Waals surface area contributed by atoms with Crippen molar-refractivity contribution in [3.63, 3.8) is 0 Å². The molecule has 3 heteroatoms. The lowest BCUT2D eigenvalue weighted by Crippen LogP contribution is -2.29. The molecule has 0 aromatic heterocycles. The van der Waals surface area contributed by atoms with Gasteiger partial charge in [0.25, 0.3) is 5.91 Å². The largest absolute Gasteiger partial charge is 0.352 e. The van der Waals surface area contributed by atoms with Crippen LogP contribution in [-0.4, -0.2) is 25.0 Å². The van der Waals surface area contributed by atoms with E-state index in [0.29, 0.717) is 0 Å². The van der Waals surface area contributed by atoms with Crippen molar-refractivity contribution in [1.29, 1.82) is 0 Å². The van der Waals surface area contributed by atoms with E-state index in [0.717, 1.165) is 42.2 Å². The van der Waals surface area contributed by atoms with Gasteiger partial charge in [-0.05, 0) is 57.7 Å². The van der Waals surface area contributed by atoms with Gasteiger partial charge in [0, 0.05) is 18.2 Å². The first-order chi connectivity index (χ1) is 9.08. The molecule has 1 aromatic carbocycles. The maximum Gasteiger partial charge on any atom is 0.251 e. The molecule has 3 nitrogen and oxygen atoms in total. The van der Waals surface area contributed by atoms with Gasteiger partial charge in [-0.25, -0.2) is 0 Å². The molecular weight excluding hydrogens is 236 g/mol. The smallest absolute Gasteiger partial charge is 0.251 e. The predicted molar refractivity (Wildman–Crippen MR) is 78.6 cm³/mol. The number of rotatable bonds is 6. The lowest BCUT2D eigenvalue weighted by molar-refractivity contribution is 0.0952. The maximum absolute atomic E-state index is 12.2. The van der Waals surface area contributed by atoms with E-state index in [4.69, 9.17) is 0 Å². The minimum atomic E-state index is 0.0569. The highest BCUT2D eigenvalue weighted by Gasteiger charge is 2.19. The number of carbonyl (C=O) groups excluding carboxylic acids is 1. The van der Waals surface area contributed by atoms with Crippen LogP contribution >= 0.6 is 0 Å². The molecule has 1 aliphatic carbocycles. The molecule has 0 heterocycles. The third-order valence-corrected chi connectivity index (χ3v) is 3.55. The zero-order valence-corrected chi connectivity index (χ0v) is 12.2. The molecule has 19 heavy (non-hydrogen) atoms. The summed E-state index contributed by atoms with van der Waals surface area (Å²) in [5, 5.41) is 6.46. The van der Waals surface area contributed by atoms with Gasteiger partial charge in [-0.15, -0.1) is 0 Å². The van der Waals surface area contributed by atoms with E-state index in [9.17, 15) is 4.79 Å². The van der Waals surface area contributed by atoms with Crippen LogP contribution in [0.2, 0.25) is 0 Å². The van der Waals surface area contributed by atoms with Gasteiger partial charge in [-0.1, -0.05) is 17.7 Å². The van der Waals surface area contributed by atoms with Crippen LogP contribution in [0.5, 0.6) is 0 Å². The molecule has 1 aromatic rings. The Balaban J connectivity index is 1.81. The Morgan fingerprint density at radius 3 is 2.37 bits per heavy atom. The summed E-state index contributed by atoms with van der Waals surface area (Å²) in [5.74, 6) is 0.0569. The summed E-state index contributed by atoms with van der Waals surface area (Å²) in [6.45, 7) is 7.81. The fraction of sp³-hybridized carbons (Fsp3) is 0.562. The summed E-state index contributed by atoms with van der Waals surface area (Å²) in [4.78, 5) is 12.2. The van der Waals surface area contributed by atoms with Gasteiger partial charge in [0.15, 0.2) is 0 Å². The average Bonchev–Trinajstić information content (AvgIpc) is 3.11. The minimum Gasteiger partial charge on any atom is -0.352 e. The SMILES string of the molecule is Cc1cc(C)c(C(=O)NCCCNC2CC2)c(C)c1. The zero-order valence-electron chi connectivity index (χ0n) is 12.2. The van der Waals surface area contributed by atoms with E-state index in [1.165, 1.54) is 18.4 Å². The normalized spacial score (nSPS) is 14.5. The molecule has 0 bridgehead atoms. The van der Waals surface area contributed by atoms with Crippen molar-refractivity contribution in [2.45, 2.75) is 46.1 Å². The third kappa shape index (κ3) is 4.06. The first-order valence-corrected chi connectivity index (χ1v) is 7.17. The highest BCUT2D eigenvalue weighted by molar-refractivity contribution is 5.97. The minimum absolute atomic E-state index is 0.0569. The lowest BCUT2D eigenvalue weighted by atomic mass is 9.99. The molecule has 0 saturated heterocycles. The second-order valence-electron chi connectivity index (χ2n) is 5.61. The lowest BCUT2D eigenvalue weighted by Gasteiger charge is -2.11. The summed E-state index contributed by atoms with van der Waals surface area (Å²) in [6.07, 6.45) is 3.62. The van der Waals surface area contributed by atoms with E-state index in [2.05, 4.69) is 29.7 Å². The van der Waals surface area contributed by atoms with Crippen molar-refractivity contribution in [3.8, 4) is 0 Å². The Morgan fingerprint density at radius 1 is 1.16 bits per heavy atom. The predicted octanol–water partition coefficient (Wildman–Crippen LogP) is 2.48. The average molecular weight is 260 g/mol. The summed E-state index contributed by atoms with van der Waals surface area (Å²) < 4.78 is 0. The Hall–Kier alpha value is -1.35. The quantitative estimate of drug-likeness (QED) is 0.772.